The van der Waals surface area contributed by atoms with Gasteiger partial charge in [0.1, 0.15) is 0 Å². The monoisotopic (exact) mass is 342 g/mol. The lowest BCUT2D eigenvalue weighted by Gasteiger charge is -2.01. The van der Waals surface area contributed by atoms with Crippen molar-refractivity contribution in [3.05, 3.63) is 57.3 Å². The fraction of sp³-hybridized carbons (Fsp3) is 0.294. The van der Waals surface area contributed by atoms with E-state index in [1.54, 1.807) is 0 Å². The number of nitrogens with zero attached hydrogens (tertiary/aromatic N) is 3. The van der Waals surface area contributed by atoms with Gasteiger partial charge < -0.3 is 9.51 Å². The molecular weight excluding hydrogens is 324 g/mol. The minimum atomic E-state index is -0.148. The number of aryl methyl sites for hydroxylation is 3. The topological polar surface area (TPSA) is 84.7 Å². The molecule has 0 atom stereocenters. The summed E-state index contributed by atoms with van der Waals surface area (Å²) in [6.07, 6.45) is 0.717. The van der Waals surface area contributed by atoms with Gasteiger partial charge >= 0.3 is 0 Å². The van der Waals surface area contributed by atoms with E-state index in [1.807, 2.05) is 25.1 Å². The zero-order valence-corrected chi connectivity index (χ0v) is 14.6. The van der Waals surface area contributed by atoms with E-state index in [9.17, 15) is 4.79 Å². The highest BCUT2D eigenvalue weighted by Gasteiger charge is 2.11. The van der Waals surface area contributed by atoms with Crippen molar-refractivity contribution in [2.75, 3.05) is 0 Å². The van der Waals surface area contributed by atoms with E-state index in [0.29, 0.717) is 22.6 Å². The average molecular weight is 342 g/mol. The molecule has 24 heavy (non-hydrogen) atoms. The summed E-state index contributed by atoms with van der Waals surface area (Å²) in [6.45, 7) is 6.08. The van der Waals surface area contributed by atoms with Crippen LogP contribution >= 0.6 is 11.8 Å². The SMILES string of the molecule is CCc1cc(=O)[nH]c(SCc2nc(-c3ccc(C)c(C)c3)no2)n1. The van der Waals surface area contributed by atoms with Crippen LogP contribution < -0.4 is 5.56 Å². The molecule has 1 aromatic carbocycles. The summed E-state index contributed by atoms with van der Waals surface area (Å²) in [4.78, 5) is 23.1. The van der Waals surface area contributed by atoms with Gasteiger partial charge in [0.25, 0.3) is 5.56 Å². The lowest BCUT2D eigenvalue weighted by Crippen LogP contribution is -2.09. The van der Waals surface area contributed by atoms with Gasteiger partial charge in [0.2, 0.25) is 11.7 Å². The first kappa shape index (κ1) is 16.4. The minimum absolute atomic E-state index is 0.148. The summed E-state index contributed by atoms with van der Waals surface area (Å²) in [7, 11) is 0. The zero-order chi connectivity index (χ0) is 17.1. The molecule has 124 valence electrons. The zero-order valence-electron chi connectivity index (χ0n) is 13.8. The molecule has 0 aliphatic heterocycles. The van der Waals surface area contributed by atoms with Crippen molar-refractivity contribution >= 4 is 11.8 Å². The molecule has 0 fully saturated rings. The molecule has 0 saturated heterocycles. The molecule has 2 heterocycles. The summed E-state index contributed by atoms with van der Waals surface area (Å²) in [5.74, 6) is 1.52. The third kappa shape index (κ3) is 3.73. The molecule has 0 aliphatic rings. The summed E-state index contributed by atoms with van der Waals surface area (Å²) in [6, 6.07) is 7.57. The van der Waals surface area contributed by atoms with Crippen molar-refractivity contribution < 1.29 is 4.52 Å². The van der Waals surface area contributed by atoms with Gasteiger partial charge in [0, 0.05) is 17.3 Å². The molecule has 0 bridgehead atoms. The number of aromatic amines is 1. The number of hydrogen-bond donors (Lipinski definition) is 1. The Bertz CT molecular complexity index is 917. The van der Waals surface area contributed by atoms with Gasteiger partial charge in [-0.15, -0.1) is 0 Å². The highest BCUT2D eigenvalue weighted by atomic mass is 32.2. The molecule has 0 spiro atoms. The lowest BCUT2D eigenvalue weighted by atomic mass is 10.1. The molecule has 0 saturated carbocycles. The molecule has 6 nitrogen and oxygen atoms in total. The molecule has 3 aromatic rings. The Morgan fingerprint density at radius 1 is 1.17 bits per heavy atom. The molecule has 1 N–H and O–H groups in total. The molecule has 7 heteroatoms. The van der Waals surface area contributed by atoms with E-state index >= 15 is 0 Å². The Labute approximate surface area is 143 Å². The first-order chi connectivity index (χ1) is 11.5. The number of nitrogens with one attached hydrogen (secondary N) is 1. The summed E-state index contributed by atoms with van der Waals surface area (Å²) in [5.41, 5.74) is 3.96. The third-order valence-electron chi connectivity index (χ3n) is 3.70. The van der Waals surface area contributed by atoms with Crippen LogP contribution in [0.15, 0.2) is 38.7 Å². The molecular formula is C17H18N4O2S. The Morgan fingerprint density at radius 2 is 2.00 bits per heavy atom. The van der Waals surface area contributed by atoms with Crippen LogP contribution in [-0.2, 0) is 12.2 Å². The normalized spacial score (nSPS) is 11.0. The fourth-order valence-electron chi connectivity index (χ4n) is 2.17. The number of aromatic nitrogens is 4. The van der Waals surface area contributed by atoms with Crippen LogP contribution in [0.5, 0.6) is 0 Å². The quantitative estimate of drug-likeness (QED) is 0.566. The Balaban J connectivity index is 1.73. The second-order valence-corrected chi connectivity index (χ2v) is 6.46. The number of benzene rings is 1. The predicted octanol–water partition coefficient (Wildman–Crippen LogP) is 3.29. The van der Waals surface area contributed by atoms with Gasteiger partial charge in [-0.1, -0.05) is 36.0 Å². The van der Waals surface area contributed by atoms with Crippen molar-refractivity contribution in [3.8, 4) is 11.4 Å². The third-order valence-corrected chi connectivity index (χ3v) is 4.56. The number of rotatable bonds is 5. The highest BCUT2D eigenvalue weighted by molar-refractivity contribution is 7.98. The van der Waals surface area contributed by atoms with Crippen LogP contribution in [0.1, 0.15) is 29.6 Å². The fourth-order valence-corrected chi connectivity index (χ4v) is 2.91. The largest absolute Gasteiger partial charge is 0.338 e. The molecule has 0 amide bonds. The van der Waals surface area contributed by atoms with E-state index < -0.39 is 0 Å². The Kier molecular flexibility index (Phi) is 4.80. The molecule has 0 radical (unpaired) electrons. The Morgan fingerprint density at radius 3 is 2.75 bits per heavy atom. The minimum Gasteiger partial charge on any atom is -0.338 e. The van der Waals surface area contributed by atoms with Gasteiger partial charge in [-0.05, 0) is 37.5 Å². The van der Waals surface area contributed by atoms with E-state index in [1.165, 1.54) is 29.0 Å². The highest BCUT2D eigenvalue weighted by Crippen LogP contribution is 2.22. The molecule has 0 unspecified atom stereocenters. The van der Waals surface area contributed by atoms with Crippen molar-refractivity contribution in [1.82, 2.24) is 20.1 Å². The standard InChI is InChI=1S/C17H18N4O2S/c1-4-13-8-14(22)19-17(18-13)24-9-15-20-16(21-23-15)12-6-5-10(2)11(3)7-12/h5-8H,4,9H2,1-3H3,(H,18,19,22). The second kappa shape index (κ2) is 7.00. The molecule has 2 aromatic heterocycles. The van der Waals surface area contributed by atoms with Crippen molar-refractivity contribution in [1.29, 1.82) is 0 Å². The van der Waals surface area contributed by atoms with Gasteiger partial charge in [0.15, 0.2) is 5.16 Å². The van der Waals surface area contributed by atoms with Crippen LogP contribution in [0.25, 0.3) is 11.4 Å². The van der Waals surface area contributed by atoms with Gasteiger partial charge in [0.05, 0.1) is 5.75 Å². The second-order valence-electron chi connectivity index (χ2n) is 5.49. The van der Waals surface area contributed by atoms with E-state index in [0.717, 1.165) is 17.7 Å². The van der Waals surface area contributed by atoms with Crippen LogP contribution in [0.4, 0.5) is 0 Å². The number of hydrogen-bond acceptors (Lipinski definition) is 6. The van der Waals surface area contributed by atoms with Crippen LogP contribution in [0, 0.1) is 13.8 Å². The maximum Gasteiger partial charge on any atom is 0.251 e. The van der Waals surface area contributed by atoms with Gasteiger partial charge in [-0.2, -0.15) is 4.98 Å². The van der Waals surface area contributed by atoms with Crippen LogP contribution in [-0.4, -0.2) is 20.1 Å². The number of thioether (sulfide) groups is 1. The first-order valence-corrected chi connectivity index (χ1v) is 8.67. The van der Waals surface area contributed by atoms with E-state index in [2.05, 4.69) is 34.0 Å². The van der Waals surface area contributed by atoms with E-state index in [4.69, 9.17) is 4.52 Å². The van der Waals surface area contributed by atoms with E-state index in [-0.39, 0.29) is 5.56 Å². The smallest absolute Gasteiger partial charge is 0.251 e. The Hall–Kier alpha value is -2.41. The predicted molar refractivity (Wildman–Crippen MR) is 93.0 cm³/mol. The van der Waals surface area contributed by atoms with Crippen molar-refractivity contribution in [2.24, 2.45) is 0 Å². The maximum atomic E-state index is 11.6. The summed E-state index contributed by atoms with van der Waals surface area (Å²) in [5, 5.41) is 4.59. The first-order valence-electron chi connectivity index (χ1n) is 7.68. The van der Waals surface area contributed by atoms with Gasteiger partial charge in [-0.3, -0.25) is 4.79 Å². The van der Waals surface area contributed by atoms with Gasteiger partial charge in [-0.25, -0.2) is 4.98 Å². The number of H-pyrrole nitrogens is 1. The lowest BCUT2D eigenvalue weighted by molar-refractivity contribution is 0.391. The molecule has 3 rings (SSSR count). The van der Waals surface area contributed by atoms with Crippen molar-refractivity contribution in [3.63, 3.8) is 0 Å². The van der Waals surface area contributed by atoms with Crippen LogP contribution in [0.3, 0.4) is 0 Å². The van der Waals surface area contributed by atoms with Crippen LogP contribution in [0.2, 0.25) is 0 Å². The summed E-state index contributed by atoms with van der Waals surface area (Å²) < 4.78 is 5.30. The molecule has 0 aliphatic carbocycles. The average Bonchev–Trinajstić information content (AvgIpc) is 3.04. The maximum absolute atomic E-state index is 11.6. The van der Waals surface area contributed by atoms with Crippen molar-refractivity contribution in [2.45, 2.75) is 38.1 Å². The summed E-state index contributed by atoms with van der Waals surface area (Å²) >= 11 is 1.37.